The molecule has 2 amide bonds. The van der Waals surface area contributed by atoms with Crippen molar-refractivity contribution >= 4 is 35.0 Å². The highest BCUT2D eigenvalue weighted by atomic mass is 35.5. The molecule has 0 bridgehead atoms. The standard InChI is InChI=1S/C21H22Cl2N2O2/c1-14(15-5-3-7-17(22)11-15)13-25-10-9-21(2,20(25)27)24-19(26)16-6-4-8-18(23)12-16/h3-8,11-12,14H,9-10,13H2,1-2H3,(H,24,26). The molecule has 2 unspecified atom stereocenters. The van der Waals surface area contributed by atoms with Gasteiger partial charge in [-0.05, 0) is 55.2 Å². The first-order valence-electron chi connectivity index (χ1n) is 8.91. The minimum absolute atomic E-state index is 0.0632. The van der Waals surface area contributed by atoms with Crippen molar-refractivity contribution in [3.63, 3.8) is 0 Å². The van der Waals surface area contributed by atoms with Crippen LogP contribution in [0.4, 0.5) is 0 Å². The Labute approximate surface area is 169 Å². The molecule has 0 spiro atoms. The number of hydrogen-bond donors (Lipinski definition) is 1. The number of amides is 2. The van der Waals surface area contributed by atoms with E-state index in [1.807, 2.05) is 29.2 Å². The number of nitrogens with one attached hydrogen (secondary N) is 1. The van der Waals surface area contributed by atoms with Crippen LogP contribution in [0.3, 0.4) is 0 Å². The van der Waals surface area contributed by atoms with E-state index in [1.165, 1.54) is 0 Å². The Bertz CT molecular complexity index is 871. The molecule has 1 fully saturated rings. The highest BCUT2D eigenvalue weighted by Crippen LogP contribution is 2.27. The zero-order chi connectivity index (χ0) is 19.6. The summed E-state index contributed by atoms with van der Waals surface area (Å²) in [5.74, 6) is -0.205. The van der Waals surface area contributed by atoms with Crippen LogP contribution in [0, 0.1) is 0 Å². The molecule has 0 radical (unpaired) electrons. The van der Waals surface area contributed by atoms with Crippen molar-refractivity contribution in [2.75, 3.05) is 13.1 Å². The van der Waals surface area contributed by atoms with Gasteiger partial charge in [0.25, 0.3) is 5.91 Å². The van der Waals surface area contributed by atoms with Crippen LogP contribution < -0.4 is 5.32 Å². The Kier molecular flexibility index (Phi) is 5.78. The Morgan fingerprint density at radius 3 is 2.52 bits per heavy atom. The number of benzene rings is 2. The fourth-order valence-corrected chi connectivity index (χ4v) is 3.80. The molecular formula is C21H22Cl2N2O2. The largest absolute Gasteiger partial charge is 0.340 e. The summed E-state index contributed by atoms with van der Waals surface area (Å²) in [4.78, 5) is 27.3. The number of halogens is 2. The Hall–Kier alpha value is -2.04. The highest BCUT2D eigenvalue weighted by molar-refractivity contribution is 6.31. The van der Waals surface area contributed by atoms with Crippen molar-refractivity contribution < 1.29 is 9.59 Å². The van der Waals surface area contributed by atoms with E-state index >= 15 is 0 Å². The van der Waals surface area contributed by atoms with Gasteiger partial charge in [-0.1, -0.05) is 48.3 Å². The molecule has 0 saturated carbocycles. The SMILES string of the molecule is CC(CN1CCC(C)(NC(=O)c2cccc(Cl)c2)C1=O)c1cccc(Cl)c1. The molecule has 1 aliphatic rings. The van der Waals surface area contributed by atoms with Crippen molar-refractivity contribution in [2.24, 2.45) is 0 Å². The first-order valence-corrected chi connectivity index (χ1v) is 9.67. The molecular weight excluding hydrogens is 383 g/mol. The lowest BCUT2D eigenvalue weighted by atomic mass is 9.99. The summed E-state index contributed by atoms with van der Waals surface area (Å²) in [7, 11) is 0. The Morgan fingerprint density at radius 1 is 1.19 bits per heavy atom. The number of likely N-dealkylation sites (tertiary alicyclic amines) is 1. The van der Waals surface area contributed by atoms with Gasteiger partial charge in [0, 0.05) is 28.7 Å². The van der Waals surface area contributed by atoms with Crippen molar-refractivity contribution in [3.8, 4) is 0 Å². The summed E-state index contributed by atoms with van der Waals surface area (Å²) >= 11 is 12.0. The second-order valence-electron chi connectivity index (χ2n) is 7.25. The summed E-state index contributed by atoms with van der Waals surface area (Å²) in [5.41, 5.74) is 0.627. The third-order valence-electron chi connectivity index (χ3n) is 5.03. The van der Waals surface area contributed by atoms with Gasteiger partial charge in [-0.25, -0.2) is 0 Å². The van der Waals surface area contributed by atoms with E-state index in [0.717, 1.165) is 5.56 Å². The number of nitrogens with zero attached hydrogens (tertiary/aromatic N) is 1. The first-order chi connectivity index (χ1) is 12.8. The van der Waals surface area contributed by atoms with E-state index in [4.69, 9.17) is 23.2 Å². The molecule has 27 heavy (non-hydrogen) atoms. The molecule has 3 rings (SSSR count). The number of hydrogen-bond acceptors (Lipinski definition) is 2. The fourth-order valence-electron chi connectivity index (χ4n) is 3.41. The van der Waals surface area contributed by atoms with Gasteiger partial charge in [-0.15, -0.1) is 0 Å². The van der Waals surface area contributed by atoms with Gasteiger partial charge >= 0.3 is 0 Å². The average molecular weight is 405 g/mol. The molecule has 2 aromatic carbocycles. The van der Waals surface area contributed by atoms with Gasteiger partial charge in [0.15, 0.2) is 0 Å². The van der Waals surface area contributed by atoms with Gasteiger partial charge in [0.05, 0.1) is 0 Å². The Balaban J connectivity index is 1.67. The molecule has 2 atom stereocenters. The summed E-state index contributed by atoms with van der Waals surface area (Å²) < 4.78 is 0. The molecule has 2 aromatic rings. The lowest BCUT2D eigenvalue weighted by molar-refractivity contribution is -0.132. The lowest BCUT2D eigenvalue weighted by Crippen LogP contribution is -2.52. The van der Waals surface area contributed by atoms with Gasteiger partial charge in [0.1, 0.15) is 5.54 Å². The lowest BCUT2D eigenvalue weighted by Gasteiger charge is -2.26. The van der Waals surface area contributed by atoms with Gasteiger partial charge in [0.2, 0.25) is 5.91 Å². The smallest absolute Gasteiger partial charge is 0.252 e. The van der Waals surface area contributed by atoms with Crippen molar-refractivity contribution in [1.29, 1.82) is 0 Å². The molecule has 6 heteroatoms. The van der Waals surface area contributed by atoms with E-state index in [0.29, 0.717) is 35.1 Å². The van der Waals surface area contributed by atoms with Gasteiger partial charge < -0.3 is 10.2 Å². The summed E-state index contributed by atoms with van der Waals surface area (Å²) in [6, 6.07) is 14.4. The van der Waals surface area contributed by atoms with Crippen LogP contribution in [0.15, 0.2) is 48.5 Å². The third kappa shape index (κ3) is 4.45. The number of carbonyl (C=O) groups excluding carboxylic acids is 2. The summed E-state index contributed by atoms with van der Waals surface area (Å²) in [5, 5.41) is 4.07. The zero-order valence-electron chi connectivity index (χ0n) is 15.3. The third-order valence-corrected chi connectivity index (χ3v) is 5.50. The van der Waals surface area contributed by atoms with E-state index in [2.05, 4.69) is 12.2 Å². The highest BCUT2D eigenvalue weighted by Gasteiger charge is 2.44. The van der Waals surface area contributed by atoms with Crippen LogP contribution in [0.2, 0.25) is 10.0 Å². The van der Waals surface area contributed by atoms with Crippen molar-refractivity contribution in [3.05, 3.63) is 69.7 Å². The molecule has 4 nitrogen and oxygen atoms in total. The molecule has 0 aliphatic carbocycles. The maximum atomic E-state index is 13.0. The van der Waals surface area contributed by atoms with Gasteiger partial charge in [-0.2, -0.15) is 0 Å². The molecule has 1 N–H and O–H groups in total. The second kappa shape index (κ2) is 7.91. The van der Waals surface area contributed by atoms with Crippen molar-refractivity contribution in [2.45, 2.75) is 31.7 Å². The van der Waals surface area contributed by atoms with Crippen LogP contribution >= 0.6 is 23.2 Å². The monoisotopic (exact) mass is 404 g/mol. The molecule has 1 saturated heterocycles. The van der Waals surface area contributed by atoms with Crippen LogP contribution in [-0.4, -0.2) is 35.3 Å². The minimum Gasteiger partial charge on any atom is -0.340 e. The Morgan fingerprint density at radius 2 is 1.85 bits per heavy atom. The molecule has 142 valence electrons. The van der Waals surface area contributed by atoms with Crippen molar-refractivity contribution in [1.82, 2.24) is 10.2 Å². The quantitative estimate of drug-likeness (QED) is 0.796. The normalized spacial score (nSPS) is 20.6. The summed E-state index contributed by atoms with van der Waals surface area (Å²) in [6.07, 6.45) is 0.570. The van der Waals surface area contributed by atoms with Crippen LogP contribution in [-0.2, 0) is 4.79 Å². The van der Waals surface area contributed by atoms with E-state index in [9.17, 15) is 9.59 Å². The molecule has 1 aliphatic heterocycles. The first kappa shape index (κ1) is 19.7. The van der Waals surface area contributed by atoms with Gasteiger partial charge in [-0.3, -0.25) is 9.59 Å². The maximum absolute atomic E-state index is 13.0. The topological polar surface area (TPSA) is 49.4 Å². The van der Waals surface area contributed by atoms with E-state index in [-0.39, 0.29) is 17.7 Å². The number of rotatable bonds is 5. The maximum Gasteiger partial charge on any atom is 0.252 e. The molecule has 1 heterocycles. The second-order valence-corrected chi connectivity index (χ2v) is 8.13. The zero-order valence-corrected chi connectivity index (χ0v) is 16.8. The predicted octanol–water partition coefficient (Wildman–Crippen LogP) is 4.52. The predicted molar refractivity (Wildman–Crippen MR) is 108 cm³/mol. The molecule has 0 aromatic heterocycles. The fraction of sp³-hybridized carbons (Fsp3) is 0.333. The van der Waals surface area contributed by atoms with Crippen LogP contribution in [0.1, 0.15) is 42.1 Å². The van der Waals surface area contributed by atoms with E-state index < -0.39 is 5.54 Å². The minimum atomic E-state index is -0.909. The van der Waals surface area contributed by atoms with Crippen LogP contribution in [0.5, 0.6) is 0 Å². The average Bonchev–Trinajstić information content (AvgIpc) is 2.90. The summed E-state index contributed by atoms with van der Waals surface area (Å²) in [6.45, 7) is 5.04. The number of carbonyl (C=O) groups is 2. The van der Waals surface area contributed by atoms with E-state index in [1.54, 1.807) is 31.2 Å². The van der Waals surface area contributed by atoms with Crippen LogP contribution in [0.25, 0.3) is 0 Å².